The number of halogens is 2. The van der Waals surface area contributed by atoms with Crippen LogP contribution in [0.5, 0.6) is 11.5 Å². The van der Waals surface area contributed by atoms with Gasteiger partial charge in [0, 0.05) is 15.9 Å². The fourth-order valence-corrected chi connectivity index (χ4v) is 6.12. The maximum Gasteiger partial charge on any atom is 0.255 e. The number of carbonyl (C=O) groups is 1. The molecule has 0 saturated carbocycles. The molecule has 42 heavy (non-hydrogen) atoms. The van der Waals surface area contributed by atoms with Gasteiger partial charge in [-0.3, -0.25) is 4.79 Å². The second-order valence-corrected chi connectivity index (χ2v) is 12.7. The van der Waals surface area contributed by atoms with E-state index in [0.29, 0.717) is 51.6 Å². The second-order valence-electron chi connectivity index (χ2n) is 9.66. The Morgan fingerprint density at radius 3 is 2.57 bits per heavy atom. The van der Waals surface area contributed by atoms with Crippen molar-refractivity contribution in [2.75, 3.05) is 23.0 Å². The van der Waals surface area contributed by atoms with Gasteiger partial charge in [0.05, 0.1) is 16.7 Å². The summed E-state index contributed by atoms with van der Waals surface area (Å²) in [6.45, 7) is 8.67. The Labute approximate surface area is 266 Å². The number of benzene rings is 3. The zero-order valence-corrected chi connectivity index (χ0v) is 27.7. The van der Waals surface area contributed by atoms with Gasteiger partial charge in [-0.05, 0) is 95.5 Å². The minimum Gasteiger partial charge on any atom is -0.490 e. The number of rotatable bonds is 10. The lowest BCUT2D eigenvalue weighted by Gasteiger charge is -2.29. The minimum atomic E-state index is -0.569. The molecule has 1 aromatic heterocycles. The lowest BCUT2D eigenvalue weighted by atomic mass is 9.94. The summed E-state index contributed by atoms with van der Waals surface area (Å²) in [6, 6.07) is 19.0. The van der Waals surface area contributed by atoms with Gasteiger partial charge in [-0.2, -0.15) is 4.98 Å². The van der Waals surface area contributed by atoms with E-state index in [1.54, 1.807) is 16.4 Å². The van der Waals surface area contributed by atoms with Crippen molar-refractivity contribution in [1.82, 2.24) is 14.8 Å². The van der Waals surface area contributed by atoms with Crippen LogP contribution in [0.3, 0.4) is 0 Å². The number of nitrogens with zero attached hydrogens (tertiary/aromatic N) is 3. The van der Waals surface area contributed by atoms with Crippen molar-refractivity contribution in [2.45, 2.75) is 45.5 Å². The third kappa shape index (κ3) is 6.68. The summed E-state index contributed by atoms with van der Waals surface area (Å²) in [7, 11) is 0. The Hall–Kier alpha value is -3.28. The summed E-state index contributed by atoms with van der Waals surface area (Å²) < 4.78 is 15.8. The first-order valence-electron chi connectivity index (χ1n) is 13.6. The standard InChI is InChI=1S/C31H31Br2N5O3S/c1-5-40-25-16-21(15-24(33)28(25)41-17-20-10-12-22(32)13-11-20)27-26(29(39)35-23-9-7-8-18(3)14-23)19(4)34-30-36-31(42-6-2)37-38(27)30/h7-16,27H,5-6,17H2,1-4H3,(H,35,39)(H,34,36,37). The van der Waals surface area contributed by atoms with E-state index < -0.39 is 6.04 Å². The zero-order valence-electron chi connectivity index (χ0n) is 23.7. The van der Waals surface area contributed by atoms with Crippen LogP contribution in [0.4, 0.5) is 11.6 Å². The lowest BCUT2D eigenvalue weighted by Crippen LogP contribution is -2.31. The quantitative estimate of drug-likeness (QED) is 0.161. The average molecular weight is 713 g/mol. The van der Waals surface area contributed by atoms with Crippen LogP contribution in [-0.2, 0) is 11.4 Å². The molecule has 0 radical (unpaired) electrons. The summed E-state index contributed by atoms with van der Waals surface area (Å²) >= 11 is 8.75. The SMILES string of the molecule is CCOc1cc(C2C(C(=O)Nc3cccc(C)c3)=C(C)Nc3nc(SCC)nn32)cc(Br)c1OCc1ccc(Br)cc1. The highest BCUT2D eigenvalue weighted by molar-refractivity contribution is 9.10. The Morgan fingerprint density at radius 2 is 1.86 bits per heavy atom. The molecule has 1 aliphatic heterocycles. The number of nitrogens with one attached hydrogen (secondary N) is 2. The molecule has 1 amide bonds. The minimum absolute atomic E-state index is 0.230. The average Bonchev–Trinajstić information content (AvgIpc) is 3.34. The number of carbonyl (C=O) groups excluding carboxylic acids is 1. The molecule has 1 unspecified atom stereocenters. The van der Waals surface area contributed by atoms with E-state index in [2.05, 4.69) is 49.4 Å². The van der Waals surface area contributed by atoms with Crippen molar-refractivity contribution in [3.8, 4) is 11.5 Å². The van der Waals surface area contributed by atoms with Crippen molar-refractivity contribution in [1.29, 1.82) is 0 Å². The summed E-state index contributed by atoms with van der Waals surface area (Å²) in [5, 5.41) is 11.8. The molecule has 0 saturated heterocycles. The molecular formula is C31H31Br2N5O3S. The van der Waals surface area contributed by atoms with Crippen molar-refractivity contribution >= 4 is 61.2 Å². The van der Waals surface area contributed by atoms with Crippen LogP contribution in [0.1, 0.15) is 43.5 Å². The topological polar surface area (TPSA) is 90.3 Å². The molecule has 4 aromatic rings. The van der Waals surface area contributed by atoms with E-state index in [9.17, 15) is 4.79 Å². The largest absolute Gasteiger partial charge is 0.490 e. The number of fused-ring (bicyclic) bond motifs is 1. The van der Waals surface area contributed by atoms with Gasteiger partial charge in [-0.1, -0.05) is 58.9 Å². The van der Waals surface area contributed by atoms with Crippen molar-refractivity contribution in [3.63, 3.8) is 0 Å². The Balaban J connectivity index is 1.56. The molecule has 8 nitrogen and oxygen atoms in total. The van der Waals surface area contributed by atoms with E-state index in [1.807, 2.05) is 81.4 Å². The fourth-order valence-electron chi connectivity index (χ4n) is 4.73. The normalized spacial score (nSPS) is 14.3. The third-order valence-corrected chi connectivity index (χ3v) is 8.41. The van der Waals surface area contributed by atoms with Gasteiger partial charge >= 0.3 is 0 Å². The monoisotopic (exact) mass is 711 g/mol. The van der Waals surface area contributed by atoms with Crippen LogP contribution in [0.15, 0.2) is 86.0 Å². The maximum absolute atomic E-state index is 13.9. The summed E-state index contributed by atoms with van der Waals surface area (Å²) in [5.74, 6) is 2.32. The summed E-state index contributed by atoms with van der Waals surface area (Å²) in [6.07, 6.45) is 0. The molecule has 2 heterocycles. The smallest absolute Gasteiger partial charge is 0.255 e. The van der Waals surface area contributed by atoms with Crippen LogP contribution in [0, 0.1) is 6.92 Å². The number of aryl methyl sites for hydroxylation is 1. The van der Waals surface area contributed by atoms with Gasteiger partial charge < -0.3 is 20.1 Å². The molecule has 1 atom stereocenters. The number of allylic oxidation sites excluding steroid dienone is 1. The Bertz CT molecular complexity index is 1640. The highest BCUT2D eigenvalue weighted by atomic mass is 79.9. The van der Waals surface area contributed by atoms with Gasteiger partial charge in [0.15, 0.2) is 11.5 Å². The van der Waals surface area contributed by atoms with Gasteiger partial charge in [-0.25, -0.2) is 4.68 Å². The number of aromatic nitrogens is 3. The number of thioether (sulfide) groups is 1. The fraction of sp³-hybridized carbons (Fsp3) is 0.258. The predicted octanol–water partition coefficient (Wildman–Crippen LogP) is 8.13. The lowest BCUT2D eigenvalue weighted by molar-refractivity contribution is -0.113. The number of hydrogen-bond donors (Lipinski definition) is 2. The van der Waals surface area contributed by atoms with Gasteiger partial charge in [0.2, 0.25) is 11.1 Å². The molecule has 0 spiro atoms. The highest BCUT2D eigenvalue weighted by Crippen LogP contribution is 2.43. The Morgan fingerprint density at radius 1 is 1.07 bits per heavy atom. The van der Waals surface area contributed by atoms with E-state index in [-0.39, 0.29) is 5.91 Å². The highest BCUT2D eigenvalue weighted by Gasteiger charge is 2.35. The molecule has 0 bridgehead atoms. The van der Waals surface area contributed by atoms with Gasteiger partial charge in [-0.15, -0.1) is 5.10 Å². The second kappa shape index (κ2) is 13.4. The first kappa shape index (κ1) is 30.2. The van der Waals surface area contributed by atoms with Crippen LogP contribution < -0.4 is 20.1 Å². The molecule has 218 valence electrons. The van der Waals surface area contributed by atoms with Crippen LogP contribution in [0.25, 0.3) is 0 Å². The summed E-state index contributed by atoms with van der Waals surface area (Å²) in [5.41, 5.74) is 4.83. The number of anilines is 2. The van der Waals surface area contributed by atoms with Crippen LogP contribution in [0.2, 0.25) is 0 Å². The molecule has 0 fully saturated rings. The molecule has 5 rings (SSSR count). The van der Waals surface area contributed by atoms with Gasteiger partial charge in [0.25, 0.3) is 5.91 Å². The Kier molecular flexibility index (Phi) is 9.60. The zero-order chi connectivity index (χ0) is 29.8. The summed E-state index contributed by atoms with van der Waals surface area (Å²) in [4.78, 5) is 18.6. The van der Waals surface area contributed by atoms with Crippen LogP contribution in [-0.4, -0.2) is 33.0 Å². The number of hydrogen-bond acceptors (Lipinski definition) is 7. The van der Waals surface area contributed by atoms with Crippen molar-refractivity contribution < 1.29 is 14.3 Å². The van der Waals surface area contributed by atoms with Crippen LogP contribution >= 0.6 is 43.6 Å². The predicted molar refractivity (Wildman–Crippen MR) is 174 cm³/mol. The molecular weight excluding hydrogens is 682 g/mol. The number of ether oxygens (including phenoxy) is 2. The molecule has 0 aliphatic carbocycles. The van der Waals surface area contributed by atoms with Crippen molar-refractivity contribution in [2.24, 2.45) is 0 Å². The van der Waals surface area contributed by atoms with E-state index in [1.165, 1.54) is 0 Å². The van der Waals surface area contributed by atoms with E-state index in [0.717, 1.165) is 32.6 Å². The molecule has 2 N–H and O–H groups in total. The van der Waals surface area contributed by atoms with E-state index in [4.69, 9.17) is 19.6 Å². The third-order valence-electron chi connectivity index (χ3n) is 6.57. The van der Waals surface area contributed by atoms with Gasteiger partial charge in [0.1, 0.15) is 12.6 Å². The molecule has 3 aromatic carbocycles. The van der Waals surface area contributed by atoms with Crippen molar-refractivity contribution in [3.05, 3.63) is 97.6 Å². The molecule has 11 heteroatoms. The first-order chi connectivity index (χ1) is 20.3. The number of amides is 1. The first-order valence-corrected chi connectivity index (χ1v) is 16.1. The maximum atomic E-state index is 13.9. The molecule has 1 aliphatic rings. The van der Waals surface area contributed by atoms with E-state index >= 15 is 0 Å².